The molecule has 0 aliphatic carbocycles. The predicted octanol–water partition coefficient (Wildman–Crippen LogP) is -2.85. The number of aliphatic carboxylic acids is 1. The molecule has 0 bridgehead atoms. The number of ether oxygens (including phenoxy) is 2. The van der Waals surface area contributed by atoms with E-state index < -0.39 is 98.0 Å². The van der Waals surface area contributed by atoms with Crippen molar-refractivity contribution in [1.29, 1.82) is 0 Å². The number of rotatable bonds is 39. The third-order valence-corrected chi connectivity index (χ3v) is 14.9. The van der Waals surface area contributed by atoms with Crippen molar-refractivity contribution in [2.24, 2.45) is 11.7 Å². The number of carbonyl (C=O) groups is 9. The molecule has 346 valence electrons. The van der Waals surface area contributed by atoms with Gasteiger partial charge in [0.1, 0.15) is 40.9 Å². The fraction of sp³-hybridized carbons (Fsp3) is 0.743. The van der Waals surface area contributed by atoms with Crippen LogP contribution in [0.15, 0.2) is 0 Å². The average molecular weight is 974 g/mol. The number of Topliss-reactive ketones (excluding diaryl/α,β-unsaturated/α-hetero) is 5. The fourth-order valence-electron chi connectivity index (χ4n) is 6.09. The van der Waals surface area contributed by atoms with Gasteiger partial charge >= 0.3 is 179 Å². The Morgan fingerprint density at radius 2 is 1.21 bits per heavy atom. The molecule has 17 nitrogen and oxygen atoms in total. The van der Waals surface area contributed by atoms with E-state index in [9.17, 15) is 48.3 Å². The zero-order chi connectivity index (χ0) is 50.4. The van der Waals surface area contributed by atoms with Gasteiger partial charge in [0.25, 0.3) is 0 Å². The van der Waals surface area contributed by atoms with Crippen molar-refractivity contribution in [2.45, 2.75) is 75.9 Å². The summed E-state index contributed by atoms with van der Waals surface area (Å²) in [6.45, 7) is 4.54. The second kappa shape index (κ2) is 36.3. The normalized spacial score (nSPS) is 14.4. The minimum absolute atomic E-state index is 0.00565. The molecule has 0 aromatic carbocycles. The number of amides is 3. The molecule has 7 N–H and O–H groups in total. The van der Waals surface area contributed by atoms with E-state index in [1.54, 1.807) is 20.0 Å². The molecule has 31 heteroatoms. The van der Waals surface area contributed by atoms with Crippen LogP contribution in [0.3, 0.4) is 0 Å². The summed E-state index contributed by atoms with van der Waals surface area (Å²) in [5.74, 6) is -6.79. The Morgan fingerprint density at radius 3 is 1.74 bits per heavy atom. The Balaban J connectivity index is 5.45. The second-order valence-electron chi connectivity index (χ2n) is 15.6. The van der Waals surface area contributed by atoms with Crippen LogP contribution in [0.4, 0.5) is 0 Å². The first kappa shape index (κ1) is 64.4. The molecule has 7 unspecified atom stereocenters. The molecule has 0 fully saturated rings. The number of carbonyl (C=O) groups excluding carboxylic acids is 8. The van der Waals surface area contributed by atoms with Crippen molar-refractivity contribution in [3.63, 3.8) is 0 Å². The van der Waals surface area contributed by atoms with Crippen LogP contribution in [-0.4, -0.2) is 231 Å². The molecule has 0 aliphatic rings. The first-order valence-electron chi connectivity index (χ1n) is 21.1. The van der Waals surface area contributed by atoms with Crippen LogP contribution in [0.5, 0.6) is 0 Å². The molecule has 0 aromatic rings. The summed E-state index contributed by atoms with van der Waals surface area (Å²) in [4.78, 5) is 115. The van der Waals surface area contributed by atoms with Crippen LogP contribution in [0.25, 0.3) is 0 Å². The van der Waals surface area contributed by atoms with Gasteiger partial charge in [-0.25, -0.2) is 0 Å². The number of hydrogen-bond donors (Lipinski definition) is 6. The summed E-state index contributed by atoms with van der Waals surface area (Å²) < 4.78 is 11.0. The van der Waals surface area contributed by atoms with E-state index in [0.717, 1.165) is 0 Å². The topological polar surface area (TPSA) is 266 Å². The van der Waals surface area contributed by atoms with E-state index in [2.05, 4.69) is 21.3 Å². The summed E-state index contributed by atoms with van der Waals surface area (Å²) >= 11 is 0. The Hall–Kier alpha value is -1.64. The molecule has 66 heavy (non-hydrogen) atoms. The van der Waals surface area contributed by atoms with Crippen molar-refractivity contribution in [3.8, 4) is 0 Å². The molecule has 14 radical (unpaired) electrons. The van der Waals surface area contributed by atoms with Gasteiger partial charge in [0.2, 0.25) is 5.91 Å². The number of carboxylic acids is 1. The van der Waals surface area contributed by atoms with Crippen molar-refractivity contribution < 1.29 is 57.7 Å². The SMILES string of the molecule is [B]B=S(=B[B])(CC(=O)CCC(NC(=O)CCC(NCN)C(=O)O)C(=O)NCCOCCOCC(=O)CC(CCC(=O)CP([B])C)C(=O)NC(CCC(=O)CP([B])C)C(=O)CP([B])C)B([B])[B]. The zero-order valence-electron chi connectivity index (χ0n) is 38.3. The molecule has 0 saturated carbocycles. The van der Waals surface area contributed by atoms with E-state index in [1.165, 1.54) is 12.1 Å². The Morgan fingerprint density at radius 1 is 0.682 bits per heavy atom. The maximum atomic E-state index is 13.6. The van der Waals surface area contributed by atoms with Gasteiger partial charge in [0.05, 0.1) is 12.6 Å². The van der Waals surface area contributed by atoms with Gasteiger partial charge in [-0.2, -0.15) is 23.4 Å². The summed E-state index contributed by atoms with van der Waals surface area (Å²) in [5.41, 5.74) is 5.38. The van der Waals surface area contributed by atoms with E-state index in [-0.39, 0.29) is 138 Å². The third kappa shape index (κ3) is 29.4. The molecule has 0 aliphatic heterocycles. The van der Waals surface area contributed by atoms with Crippen LogP contribution in [-0.2, 0) is 52.6 Å². The molecular weight excluding hydrogens is 916 g/mol. The number of nitrogens with two attached hydrogens (primary N) is 1. The number of carboxylic acid groups (broad SMARTS) is 1. The second-order valence-corrected chi connectivity index (χ2v) is 24.3. The maximum absolute atomic E-state index is 13.6. The molecule has 7 atom stereocenters. The van der Waals surface area contributed by atoms with Crippen LogP contribution in [0.2, 0.25) is 0 Å². The first-order chi connectivity index (χ1) is 31.0. The van der Waals surface area contributed by atoms with Crippen LogP contribution in [0, 0.1) is 5.92 Å². The average Bonchev–Trinajstić information content (AvgIpc) is 3.22. The van der Waals surface area contributed by atoms with Gasteiger partial charge in [0, 0.05) is 50.3 Å². The van der Waals surface area contributed by atoms with Crippen LogP contribution >= 0.6 is 32.1 Å². The summed E-state index contributed by atoms with van der Waals surface area (Å²) in [7, 11) is 35.1. The Labute approximate surface area is 404 Å². The summed E-state index contributed by atoms with van der Waals surface area (Å²) in [6, 6.07) is -0.940. The van der Waals surface area contributed by atoms with Crippen LogP contribution < -0.4 is 27.0 Å². The van der Waals surface area contributed by atoms with Crippen molar-refractivity contribution in [3.05, 3.63) is 0 Å². The first-order valence-corrected chi connectivity index (χ1v) is 29.2. The number of nitrogens with one attached hydrogen (secondary N) is 4. The summed E-state index contributed by atoms with van der Waals surface area (Å²) in [5, 5.41) is 19.7. The molecule has 0 saturated heterocycles. The van der Waals surface area contributed by atoms with Gasteiger partial charge in [-0.3, -0.25) is 28.8 Å². The van der Waals surface area contributed by atoms with Gasteiger partial charge in [0.15, 0.2) is 11.6 Å². The molecule has 0 aromatic heterocycles. The number of hydrogen-bond acceptors (Lipinski definition) is 13. The van der Waals surface area contributed by atoms with E-state index in [1.807, 2.05) is 0 Å². The van der Waals surface area contributed by atoms with Crippen molar-refractivity contribution >= 4 is 156 Å². The monoisotopic (exact) mass is 975 g/mol. The van der Waals surface area contributed by atoms with Gasteiger partial charge in [-0.05, 0) is 12.8 Å². The third-order valence-electron chi connectivity index (χ3n) is 9.58. The molecule has 0 heterocycles. The van der Waals surface area contributed by atoms with Crippen molar-refractivity contribution in [1.82, 2.24) is 21.3 Å². The molecule has 0 spiro atoms. The molecule has 0 rings (SSSR count). The van der Waals surface area contributed by atoms with Gasteiger partial charge in [-0.15, -0.1) is 0 Å². The van der Waals surface area contributed by atoms with E-state index in [4.69, 9.17) is 68.9 Å². The standard InChI is InChI=1S/C35H58B10N5O12P3S/c1-63(40)18-24(51)5-4-23(33(57)50-28(31(55)20-65(3)42)8-6-25(52)19-64(2)41)16-27(54)17-62-15-14-61-13-12-47-34(58)29(49-32(56)11-10-30(35(59)60)48-22-46)9-7-26(53)21-66(43-36,44-37)45(38)39/h23,28-30,48H,4-22,46H2,1-3H3,(H,47,58)(H,49,56)(H,50,57)(H,59,60). The molecular formula is C35H58B10N5O12P3S. The van der Waals surface area contributed by atoms with Gasteiger partial charge in [-0.1, -0.05) is 20.0 Å². The summed E-state index contributed by atoms with van der Waals surface area (Å²) in [6.07, 6.45) is -0.654. The Bertz CT molecular complexity index is 1740. The van der Waals surface area contributed by atoms with E-state index in [0.29, 0.717) is 0 Å². The van der Waals surface area contributed by atoms with E-state index >= 15 is 0 Å². The molecule has 3 amide bonds. The fourth-order valence-corrected chi connectivity index (χ4v) is 9.77. The number of ketones is 5. The predicted molar refractivity (Wildman–Crippen MR) is 275 cm³/mol. The quantitative estimate of drug-likeness (QED) is 0.0157. The minimum atomic E-state index is -2.33. The van der Waals surface area contributed by atoms with Crippen LogP contribution in [0.1, 0.15) is 57.8 Å². The van der Waals surface area contributed by atoms with Crippen molar-refractivity contribution in [2.75, 3.05) is 83.9 Å². The Kier molecular flexibility index (Phi) is 35.4. The van der Waals surface area contributed by atoms with Gasteiger partial charge < -0.3 is 20.9 Å². The zero-order valence-corrected chi connectivity index (χ0v) is 41.8.